The maximum Gasteiger partial charge on any atom is 0.404 e. The normalized spacial score (nSPS) is 15.9. The van der Waals surface area contributed by atoms with Crippen molar-refractivity contribution in [3.8, 4) is 17.5 Å². The molecule has 2 aromatic heterocycles. The Morgan fingerprint density at radius 1 is 1.30 bits per heavy atom. The van der Waals surface area contributed by atoms with Gasteiger partial charge in [-0.1, -0.05) is 11.6 Å². The van der Waals surface area contributed by atoms with Crippen molar-refractivity contribution in [2.45, 2.75) is 56.3 Å². The number of sulfonamides is 1. The van der Waals surface area contributed by atoms with Crippen LogP contribution in [0.1, 0.15) is 43.4 Å². The predicted molar refractivity (Wildman–Crippen MR) is 118 cm³/mol. The molecule has 0 bridgehead atoms. The topological polar surface area (TPSA) is 87.8 Å². The zero-order chi connectivity index (χ0) is 24.1. The average Bonchev–Trinajstić information content (AvgIpc) is 2.99. The highest BCUT2D eigenvalue weighted by atomic mass is 35.5. The van der Waals surface area contributed by atoms with Crippen molar-refractivity contribution >= 4 is 32.5 Å². The minimum Gasteiger partial charge on any atom is -0.335 e. The smallest absolute Gasteiger partial charge is 0.335 e. The molecule has 174 valence electrons. The van der Waals surface area contributed by atoms with Crippen LogP contribution in [0.2, 0.25) is 5.02 Å². The fraction of sp³-hybridized carbons (Fsp3) is 0.364. The highest BCUT2D eigenvalue weighted by Gasteiger charge is 2.39. The van der Waals surface area contributed by atoms with Gasteiger partial charge < -0.3 is 4.57 Å². The number of fused-ring (bicyclic) bond motifs is 1. The third-order valence-electron chi connectivity index (χ3n) is 5.95. The van der Waals surface area contributed by atoms with Crippen molar-refractivity contribution in [2.24, 2.45) is 0 Å². The molecular formula is C22H20ClF3N4O2S. The van der Waals surface area contributed by atoms with Gasteiger partial charge >= 0.3 is 6.18 Å². The van der Waals surface area contributed by atoms with Gasteiger partial charge in [0.15, 0.2) is 0 Å². The van der Waals surface area contributed by atoms with E-state index in [1.54, 1.807) is 10.8 Å². The number of aryl methyl sites for hydroxylation is 1. The van der Waals surface area contributed by atoms with Gasteiger partial charge in [0.05, 0.1) is 22.5 Å². The van der Waals surface area contributed by atoms with E-state index in [0.717, 1.165) is 43.5 Å². The molecular weight excluding hydrogens is 477 g/mol. The number of aromatic nitrogens is 2. The van der Waals surface area contributed by atoms with E-state index in [1.807, 2.05) is 17.6 Å². The summed E-state index contributed by atoms with van der Waals surface area (Å²) >= 11 is 6.31. The molecule has 3 aromatic rings. The molecule has 11 heteroatoms. The van der Waals surface area contributed by atoms with Crippen LogP contribution in [-0.2, 0) is 10.0 Å². The van der Waals surface area contributed by atoms with Gasteiger partial charge in [-0.15, -0.1) is 0 Å². The van der Waals surface area contributed by atoms with E-state index in [2.05, 4.69) is 11.1 Å². The Morgan fingerprint density at radius 3 is 2.52 bits per heavy atom. The van der Waals surface area contributed by atoms with Crippen molar-refractivity contribution in [3.63, 3.8) is 0 Å². The van der Waals surface area contributed by atoms with E-state index >= 15 is 0 Å². The molecule has 1 aromatic carbocycles. The molecule has 1 aliphatic carbocycles. The highest BCUT2D eigenvalue weighted by Crippen LogP contribution is 2.43. The Hall–Kier alpha value is -2.61. The van der Waals surface area contributed by atoms with Crippen LogP contribution in [0.15, 0.2) is 35.4 Å². The first kappa shape index (κ1) is 23.5. The first-order chi connectivity index (χ1) is 15.4. The van der Waals surface area contributed by atoms with Crippen LogP contribution in [0.5, 0.6) is 0 Å². The second-order valence-corrected chi connectivity index (χ2v) is 10.3. The summed E-state index contributed by atoms with van der Waals surface area (Å²) in [6.07, 6.45) is -0.815. The molecule has 4 rings (SSSR count). The first-order valence-corrected chi connectivity index (χ1v) is 12.1. The molecule has 1 atom stereocenters. The fourth-order valence-electron chi connectivity index (χ4n) is 3.87. The minimum absolute atomic E-state index is 0.157. The van der Waals surface area contributed by atoms with Gasteiger partial charge in [-0.3, -0.25) is 4.98 Å². The number of nitrogens with zero attached hydrogens (tertiary/aromatic N) is 3. The lowest BCUT2D eigenvalue weighted by molar-refractivity contribution is -0.147. The van der Waals surface area contributed by atoms with Crippen molar-refractivity contribution in [3.05, 3.63) is 46.6 Å². The lowest BCUT2D eigenvalue weighted by Crippen LogP contribution is -2.42. The maximum atomic E-state index is 12.8. The molecule has 6 nitrogen and oxygen atoms in total. The Morgan fingerprint density at radius 2 is 2.00 bits per heavy atom. The largest absolute Gasteiger partial charge is 0.404 e. The minimum atomic E-state index is -4.72. The first-order valence-electron chi connectivity index (χ1n) is 10.2. The van der Waals surface area contributed by atoms with Crippen LogP contribution < -0.4 is 4.72 Å². The highest BCUT2D eigenvalue weighted by molar-refractivity contribution is 7.89. The molecule has 0 spiro atoms. The summed E-state index contributed by atoms with van der Waals surface area (Å²) in [5.41, 5.74) is 2.96. The monoisotopic (exact) mass is 496 g/mol. The van der Waals surface area contributed by atoms with Crippen LogP contribution >= 0.6 is 11.6 Å². The van der Waals surface area contributed by atoms with E-state index in [0.29, 0.717) is 27.4 Å². The zero-order valence-electron chi connectivity index (χ0n) is 17.7. The van der Waals surface area contributed by atoms with Crippen molar-refractivity contribution in [1.29, 1.82) is 5.26 Å². The van der Waals surface area contributed by atoms with Gasteiger partial charge in [0.2, 0.25) is 10.0 Å². The van der Waals surface area contributed by atoms with Crippen LogP contribution in [0, 0.1) is 18.3 Å². The molecule has 1 fully saturated rings. The SMILES string of the molecule is Cc1cc2c(cc1Cl)c(C#N)c(-c1ccc(S(=O)(=O)N[C@H](C)C(F)(F)F)cn1)n2C1CCC1. The molecule has 1 saturated carbocycles. The molecule has 2 heterocycles. The number of halogens is 4. The number of hydrogen-bond acceptors (Lipinski definition) is 4. The van der Waals surface area contributed by atoms with Gasteiger partial charge in [-0.25, -0.2) is 8.42 Å². The Kier molecular flexibility index (Phi) is 5.93. The van der Waals surface area contributed by atoms with E-state index in [9.17, 15) is 26.9 Å². The molecule has 0 radical (unpaired) electrons. The number of pyridine rings is 1. The average molecular weight is 497 g/mol. The van der Waals surface area contributed by atoms with Gasteiger partial charge in [-0.05, 0) is 62.9 Å². The number of nitriles is 1. The van der Waals surface area contributed by atoms with Crippen molar-refractivity contribution in [1.82, 2.24) is 14.3 Å². The molecule has 0 saturated heterocycles. The van der Waals surface area contributed by atoms with E-state index in [-0.39, 0.29) is 6.04 Å². The third-order valence-corrected chi connectivity index (χ3v) is 7.88. The van der Waals surface area contributed by atoms with Crippen molar-refractivity contribution in [2.75, 3.05) is 0 Å². The third kappa shape index (κ3) is 4.21. The van der Waals surface area contributed by atoms with Crippen LogP contribution in [0.25, 0.3) is 22.3 Å². The van der Waals surface area contributed by atoms with Gasteiger partial charge in [0, 0.05) is 22.6 Å². The molecule has 1 aliphatic rings. The Labute approximate surface area is 194 Å². The van der Waals surface area contributed by atoms with Crippen molar-refractivity contribution < 1.29 is 21.6 Å². The number of alkyl halides is 3. The number of benzene rings is 1. The van der Waals surface area contributed by atoms with Gasteiger partial charge in [0.25, 0.3) is 0 Å². The molecule has 1 N–H and O–H groups in total. The quantitative estimate of drug-likeness (QED) is 0.506. The maximum absolute atomic E-state index is 12.8. The number of nitrogens with one attached hydrogen (secondary N) is 1. The summed E-state index contributed by atoms with van der Waals surface area (Å²) in [6, 6.07) is 6.39. The molecule has 0 amide bonds. The van der Waals surface area contributed by atoms with Gasteiger partial charge in [0.1, 0.15) is 17.0 Å². The molecule has 0 aliphatic heterocycles. The second-order valence-electron chi connectivity index (χ2n) is 8.17. The second kappa shape index (κ2) is 8.31. The molecule has 33 heavy (non-hydrogen) atoms. The molecule has 0 unspecified atom stereocenters. The Balaban J connectivity index is 1.82. The van der Waals surface area contributed by atoms with Gasteiger partial charge in [-0.2, -0.15) is 23.2 Å². The van der Waals surface area contributed by atoms with E-state index in [1.165, 1.54) is 12.1 Å². The number of rotatable bonds is 5. The lowest BCUT2D eigenvalue weighted by atomic mass is 9.92. The fourth-order valence-corrected chi connectivity index (χ4v) is 5.21. The number of hydrogen-bond donors (Lipinski definition) is 1. The van der Waals surface area contributed by atoms with Crippen LogP contribution in [0.3, 0.4) is 0 Å². The van der Waals surface area contributed by atoms with E-state index < -0.39 is 27.1 Å². The summed E-state index contributed by atoms with van der Waals surface area (Å²) in [4.78, 5) is 3.83. The predicted octanol–water partition coefficient (Wildman–Crippen LogP) is 5.49. The lowest BCUT2D eigenvalue weighted by Gasteiger charge is -2.30. The van der Waals surface area contributed by atoms with Crippen LogP contribution in [-0.4, -0.2) is 30.2 Å². The Bertz CT molecular complexity index is 1370. The summed E-state index contributed by atoms with van der Waals surface area (Å²) < 4.78 is 66.8. The summed E-state index contributed by atoms with van der Waals surface area (Å²) in [5, 5.41) is 11.1. The summed E-state index contributed by atoms with van der Waals surface area (Å²) in [7, 11) is -4.43. The van der Waals surface area contributed by atoms with Crippen LogP contribution in [0.4, 0.5) is 13.2 Å². The van der Waals surface area contributed by atoms with E-state index in [4.69, 9.17) is 11.6 Å². The standard InChI is InChI=1S/C22H20ClF3N4O2S/c1-12-8-20-16(9-18(12)23)17(10-27)21(30(20)14-4-3-5-14)19-7-6-15(11-28-19)33(31,32)29-13(2)22(24,25)26/h6-9,11,13-14,29H,3-5H2,1-2H3/t13-/m1/s1. The zero-order valence-corrected chi connectivity index (χ0v) is 19.3. The summed E-state index contributed by atoms with van der Waals surface area (Å²) in [6.45, 7) is 2.60. The summed E-state index contributed by atoms with van der Waals surface area (Å²) in [5.74, 6) is 0.